The van der Waals surface area contributed by atoms with Crippen molar-refractivity contribution in [1.82, 2.24) is 9.55 Å². The first-order chi connectivity index (χ1) is 7.75. The van der Waals surface area contributed by atoms with E-state index in [0.29, 0.717) is 12.8 Å². The minimum Gasteiger partial charge on any atom is -0.338 e. The third kappa shape index (κ3) is 2.81. The molecule has 3 heteroatoms. The molecule has 0 bridgehead atoms. The minimum atomic E-state index is 0.280. The molecule has 0 unspecified atom stereocenters. The smallest absolute Gasteiger partial charge is 0.144 e. The molecule has 0 radical (unpaired) electrons. The van der Waals surface area contributed by atoms with Crippen LogP contribution in [0.15, 0.2) is 24.0 Å². The van der Waals surface area contributed by atoms with Gasteiger partial charge in [-0.2, -0.15) is 0 Å². The molecule has 3 nitrogen and oxygen atoms in total. The summed E-state index contributed by atoms with van der Waals surface area (Å²) in [5, 5.41) is 0. The molecule has 16 heavy (non-hydrogen) atoms. The Hall–Kier alpha value is -1.38. The molecule has 0 N–H and O–H groups in total. The second-order valence-electron chi connectivity index (χ2n) is 4.45. The Morgan fingerprint density at radius 3 is 2.94 bits per heavy atom. The van der Waals surface area contributed by atoms with E-state index in [1.807, 2.05) is 17.8 Å². The van der Waals surface area contributed by atoms with Gasteiger partial charge in [0.05, 0.1) is 6.42 Å². The van der Waals surface area contributed by atoms with E-state index in [2.05, 4.69) is 11.1 Å². The number of allylic oxidation sites excluding steroid dienone is 2. The van der Waals surface area contributed by atoms with Gasteiger partial charge in [-0.05, 0) is 25.7 Å². The van der Waals surface area contributed by atoms with Crippen molar-refractivity contribution < 1.29 is 4.79 Å². The predicted molar refractivity (Wildman–Crippen MR) is 63.1 cm³/mol. The molecule has 0 saturated carbocycles. The molecule has 86 valence electrons. The Morgan fingerprint density at radius 1 is 1.44 bits per heavy atom. The SMILES string of the molecule is Cn1ccnc1CC(=O)CC1=CCCCC1. The Kier molecular flexibility index (Phi) is 3.54. The number of aryl methyl sites for hydroxylation is 1. The van der Waals surface area contributed by atoms with Gasteiger partial charge in [0.15, 0.2) is 0 Å². The van der Waals surface area contributed by atoms with Crippen LogP contribution in [0.25, 0.3) is 0 Å². The van der Waals surface area contributed by atoms with E-state index < -0.39 is 0 Å². The largest absolute Gasteiger partial charge is 0.338 e. The number of imidazole rings is 1. The number of nitrogens with zero attached hydrogens (tertiary/aromatic N) is 2. The van der Waals surface area contributed by atoms with E-state index in [-0.39, 0.29) is 5.78 Å². The predicted octanol–water partition coefficient (Wildman–Crippen LogP) is 2.42. The fraction of sp³-hybridized carbons (Fsp3) is 0.538. The first-order valence-corrected chi connectivity index (χ1v) is 5.91. The summed E-state index contributed by atoms with van der Waals surface area (Å²) in [5.41, 5.74) is 1.32. The van der Waals surface area contributed by atoms with Crippen molar-refractivity contribution >= 4 is 5.78 Å². The number of hydrogen-bond donors (Lipinski definition) is 0. The highest BCUT2D eigenvalue weighted by atomic mass is 16.1. The molecule has 0 aliphatic heterocycles. The topological polar surface area (TPSA) is 34.9 Å². The van der Waals surface area contributed by atoms with Gasteiger partial charge in [0.2, 0.25) is 0 Å². The molecule has 1 aromatic rings. The zero-order valence-corrected chi connectivity index (χ0v) is 9.78. The second-order valence-corrected chi connectivity index (χ2v) is 4.45. The highest BCUT2D eigenvalue weighted by molar-refractivity contribution is 5.82. The Balaban J connectivity index is 1.89. The van der Waals surface area contributed by atoms with E-state index in [9.17, 15) is 4.79 Å². The number of ketones is 1. The minimum absolute atomic E-state index is 0.280. The normalized spacial score (nSPS) is 15.9. The number of Topliss-reactive ketones (excluding diaryl/α,β-unsaturated/α-hetero) is 1. The van der Waals surface area contributed by atoms with Crippen molar-refractivity contribution in [1.29, 1.82) is 0 Å². The van der Waals surface area contributed by atoms with Crippen LogP contribution in [0.1, 0.15) is 37.9 Å². The van der Waals surface area contributed by atoms with Crippen LogP contribution in [0.4, 0.5) is 0 Å². The van der Waals surface area contributed by atoms with Gasteiger partial charge >= 0.3 is 0 Å². The first-order valence-electron chi connectivity index (χ1n) is 5.91. The summed E-state index contributed by atoms with van der Waals surface area (Å²) in [5.74, 6) is 1.14. The summed E-state index contributed by atoms with van der Waals surface area (Å²) in [4.78, 5) is 16.0. The molecule has 0 saturated heterocycles. The maximum atomic E-state index is 11.8. The van der Waals surface area contributed by atoms with Crippen molar-refractivity contribution in [3.63, 3.8) is 0 Å². The van der Waals surface area contributed by atoms with Gasteiger partial charge in [-0.1, -0.05) is 11.6 Å². The van der Waals surface area contributed by atoms with Gasteiger partial charge in [-0.25, -0.2) is 4.98 Å². The Bertz CT molecular complexity index is 404. The zero-order chi connectivity index (χ0) is 11.4. The van der Waals surface area contributed by atoms with Crippen LogP contribution in [-0.4, -0.2) is 15.3 Å². The summed E-state index contributed by atoms with van der Waals surface area (Å²) in [6.07, 6.45) is 11.7. The average Bonchev–Trinajstić information content (AvgIpc) is 2.66. The van der Waals surface area contributed by atoms with Gasteiger partial charge in [0, 0.05) is 25.9 Å². The molecule has 1 aliphatic rings. The number of aromatic nitrogens is 2. The van der Waals surface area contributed by atoms with E-state index >= 15 is 0 Å². The maximum absolute atomic E-state index is 11.8. The van der Waals surface area contributed by atoms with Crippen LogP contribution >= 0.6 is 0 Å². The molecule has 1 aliphatic carbocycles. The average molecular weight is 218 g/mol. The van der Waals surface area contributed by atoms with Crippen molar-refractivity contribution in [2.24, 2.45) is 7.05 Å². The van der Waals surface area contributed by atoms with Crippen LogP contribution in [0, 0.1) is 0 Å². The molecular formula is C13H18N2O. The zero-order valence-electron chi connectivity index (χ0n) is 9.78. The lowest BCUT2D eigenvalue weighted by atomic mass is 9.95. The molecule has 2 rings (SSSR count). The molecule has 0 aromatic carbocycles. The van der Waals surface area contributed by atoms with E-state index in [1.54, 1.807) is 6.20 Å². The highest BCUT2D eigenvalue weighted by Crippen LogP contribution is 2.20. The molecule has 1 aromatic heterocycles. The molecule has 0 spiro atoms. The first kappa shape index (κ1) is 11.1. The van der Waals surface area contributed by atoms with Crippen molar-refractivity contribution in [3.8, 4) is 0 Å². The van der Waals surface area contributed by atoms with Crippen LogP contribution in [0.5, 0.6) is 0 Å². The van der Waals surface area contributed by atoms with Crippen molar-refractivity contribution in [2.75, 3.05) is 0 Å². The molecule has 1 heterocycles. The summed E-state index contributed by atoms with van der Waals surface area (Å²) in [6.45, 7) is 0. The van der Waals surface area contributed by atoms with E-state index in [1.165, 1.54) is 18.4 Å². The Morgan fingerprint density at radius 2 is 2.31 bits per heavy atom. The van der Waals surface area contributed by atoms with Gasteiger partial charge in [0.25, 0.3) is 0 Å². The summed E-state index contributed by atoms with van der Waals surface area (Å²) in [6, 6.07) is 0. The number of rotatable bonds is 4. The lowest BCUT2D eigenvalue weighted by Gasteiger charge is -2.11. The third-order valence-corrected chi connectivity index (χ3v) is 3.09. The van der Waals surface area contributed by atoms with E-state index in [0.717, 1.165) is 18.7 Å². The lowest BCUT2D eigenvalue weighted by molar-refractivity contribution is -0.118. The van der Waals surface area contributed by atoms with Crippen LogP contribution in [0.3, 0.4) is 0 Å². The summed E-state index contributed by atoms with van der Waals surface area (Å²) >= 11 is 0. The number of carbonyl (C=O) groups excluding carboxylic acids is 1. The molecule has 0 fully saturated rings. The fourth-order valence-electron chi connectivity index (χ4n) is 2.12. The van der Waals surface area contributed by atoms with Gasteiger partial charge < -0.3 is 4.57 Å². The van der Waals surface area contributed by atoms with Crippen molar-refractivity contribution in [3.05, 3.63) is 29.9 Å². The van der Waals surface area contributed by atoms with Crippen molar-refractivity contribution in [2.45, 2.75) is 38.5 Å². The van der Waals surface area contributed by atoms with Crippen LogP contribution in [-0.2, 0) is 18.3 Å². The van der Waals surface area contributed by atoms with E-state index in [4.69, 9.17) is 0 Å². The van der Waals surface area contributed by atoms with Crippen LogP contribution < -0.4 is 0 Å². The van der Waals surface area contributed by atoms with Gasteiger partial charge in [0.1, 0.15) is 11.6 Å². The molecular weight excluding hydrogens is 200 g/mol. The highest BCUT2D eigenvalue weighted by Gasteiger charge is 2.11. The van der Waals surface area contributed by atoms with Crippen LogP contribution in [0.2, 0.25) is 0 Å². The second kappa shape index (κ2) is 5.10. The number of hydrogen-bond acceptors (Lipinski definition) is 2. The Labute approximate surface area is 96.2 Å². The fourth-order valence-corrected chi connectivity index (χ4v) is 2.12. The summed E-state index contributed by atoms with van der Waals surface area (Å²) in [7, 11) is 1.93. The maximum Gasteiger partial charge on any atom is 0.144 e. The third-order valence-electron chi connectivity index (χ3n) is 3.09. The quantitative estimate of drug-likeness (QED) is 0.727. The van der Waals surface area contributed by atoms with Gasteiger partial charge in [-0.15, -0.1) is 0 Å². The van der Waals surface area contributed by atoms with Gasteiger partial charge in [-0.3, -0.25) is 4.79 Å². The standard InChI is InChI=1S/C13H18N2O/c1-15-8-7-14-13(15)10-12(16)9-11-5-3-2-4-6-11/h5,7-8H,2-4,6,9-10H2,1H3. The lowest BCUT2D eigenvalue weighted by Crippen LogP contribution is -2.09. The summed E-state index contributed by atoms with van der Waals surface area (Å²) < 4.78 is 1.91. The molecule has 0 amide bonds. The molecule has 0 atom stereocenters. The number of carbonyl (C=O) groups is 1. The monoisotopic (exact) mass is 218 g/mol.